The van der Waals surface area contributed by atoms with Gasteiger partial charge in [0.15, 0.2) is 5.82 Å². The molecule has 0 spiro atoms. The van der Waals surface area contributed by atoms with Crippen molar-refractivity contribution in [2.24, 2.45) is 0 Å². The van der Waals surface area contributed by atoms with Crippen LogP contribution in [-0.4, -0.2) is 14.8 Å². The molecule has 2 aromatic heterocycles. The second-order valence-electron chi connectivity index (χ2n) is 4.51. The van der Waals surface area contributed by atoms with E-state index in [1.807, 2.05) is 31.3 Å². The van der Waals surface area contributed by atoms with Crippen LogP contribution in [0.15, 0.2) is 54.9 Å². The van der Waals surface area contributed by atoms with E-state index in [1.54, 1.807) is 35.1 Å². The first-order valence-corrected chi connectivity index (χ1v) is 6.42. The lowest BCUT2D eigenvalue weighted by Gasteiger charge is -2.07. The van der Waals surface area contributed by atoms with Gasteiger partial charge in [0, 0.05) is 12.3 Å². The minimum atomic E-state index is 0.420. The smallest absolute Gasteiger partial charge is 0.221 e. The third-order valence-electron chi connectivity index (χ3n) is 2.88. The predicted octanol–water partition coefficient (Wildman–Crippen LogP) is 3.24. The summed E-state index contributed by atoms with van der Waals surface area (Å²) in [5, 5.41) is 13.3. The number of para-hydroxylation sites is 1. The monoisotopic (exact) mass is 276 g/mol. The van der Waals surface area contributed by atoms with Crippen molar-refractivity contribution in [1.29, 1.82) is 5.26 Å². The minimum absolute atomic E-state index is 0.420. The van der Waals surface area contributed by atoms with Crippen LogP contribution in [0.2, 0.25) is 0 Å². The summed E-state index contributed by atoms with van der Waals surface area (Å²) in [6.07, 6.45) is 3.65. The Labute approximate surface area is 122 Å². The summed E-state index contributed by atoms with van der Waals surface area (Å²) in [6, 6.07) is 14.6. The lowest BCUT2D eigenvalue weighted by molar-refractivity contribution is 0.460. The SMILES string of the molecule is Cc1cnn(-c2cccc(Oc3ccccc3C#N)n2)c1. The summed E-state index contributed by atoms with van der Waals surface area (Å²) >= 11 is 0. The molecule has 0 saturated heterocycles. The molecule has 0 aliphatic rings. The Kier molecular flexibility index (Phi) is 3.36. The molecular weight excluding hydrogens is 264 g/mol. The molecule has 0 unspecified atom stereocenters. The Hall–Kier alpha value is -3.13. The van der Waals surface area contributed by atoms with Gasteiger partial charge >= 0.3 is 0 Å². The second-order valence-corrected chi connectivity index (χ2v) is 4.51. The van der Waals surface area contributed by atoms with Crippen LogP contribution in [0, 0.1) is 18.3 Å². The Bertz CT molecular complexity index is 817. The molecule has 102 valence electrons. The number of hydrogen-bond donors (Lipinski definition) is 0. The predicted molar refractivity (Wildman–Crippen MR) is 77.3 cm³/mol. The van der Waals surface area contributed by atoms with Gasteiger partial charge in [-0.15, -0.1) is 0 Å². The number of ether oxygens (including phenoxy) is 1. The van der Waals surface area contributed by atoms with Crippen molar-refractivity contribution >= 4 is 0 Å². The van der Waals surface area contributed by atoms with Crippen LogP contribution in [0.5, 0.6) is 11.6 Å². The van der Waals surface area contributed by atoms with Crippen LogP contribution in [0.1, 0.15) is 11.1 Å². The molecule has 21 heavy (non-hydrogen) atoms. The highest BCUT2D eigenvalue weighted by Gasteiger charge is 2.06. The fraction of sp³-hybridized carbons (Fsp3) is 0.0625. The van der Waals surface area contributed by atoms with Gasteiger partial charge in [0.1, 0.15) is 11.8 Å². The molecule has 0 bridgehead atoms. The molecule has 0 aliphatic carbocycles. The molecular formula is C16H12N4O. The number of benzene rings is 1. The number of nitrogens with zero attached hydrogens (tertiary/aromatic N) is 4. The quantitative estimate of drug-likeness (QED) is 0.736. The zero-order valence-corrected chi connectivity index (χ0v) is 11.4. The van der Waals surface area contributed by atoms with E-state index in [-0.39, 0.29) is 0 Å². The molecule has 5 heteroatoms. The van der Waals surface area contributed by atoms with Crippen molar-refractivity contribution in [2.75, 3.05) is 0 Å². The zero-order valence-electron chi connectivity index (χ0n) is 11.4. The lowest BCUT2D eigenvalue weighted by atomic mass is 10.2. The summed E-state index contributed by atoms with van der Waals surface area (Å²) in [5.74, 6) is 1.57. The minimum Gasteiger partial charge on any atom is -0.438 e. The van der Waals surface area contributed by atoms with Crippen LogP contribution in [-0.2, 0) is 0 Å². The molecule has 1 aromatic carbocycles. The summed E-state index contributed by atoms with van der Waals surface area (Å²) in [7, 11) is 0. The highest BCUT2D eigenvalue weighted by Crippen LogP contribution is 2.23. The van der Waals surface area contributed by atoms with Gasteiger partial charge in [-0.1, -0.05) is 18.2 Å². The highest BCUT2D eigenvalue weighted by atomic mass is 16.5. The van der Waals surface area contributed by atoms with E-state index in [0.717, 1.165) is 5.56 Å². The maximum absolute atomic E-state index is 9.07. The fourth-order valence-corrected chi connectivity index (χ4v) is 1.89. The lowest BCUT2D eigenvalue weighted by Crippen LogP contribution is -1.99. The Morgan fingerprint density at radius 1 is 1.14 bits per heavy atom. The molecule has 0 amide bonds. The standard InChI is InChI=1S/C16H12N4O/c1-12-10-18-20(11-12)15-7-4-8-16(19-15)21-14-6-3-2-5-13(14)9-17/h2-8,10-11H,1H3. The van der Waals surface area contributed by atoms with Gasteiger partial charge in [-0.05, 0) is 30.7 Å². The third kappa shape index (κ3) is 2.74. The van der Waals surface area contributed by atoms with E-state index in [9.17, 15) is 0 Å². The van der Waals surface area contributed by atoms with Gasteiger partial charge in [0.25, 0.3) is 0 Å². The average molecular weight is 276 g/mol. The fourth-order valence-electron chi connectivity index (χ4n) is 1.89. The van der Waals surface area contributed by atoms with Gasteiger partial charge in [0.05, 0.1) is 11.8 Å². The molecule has 5 nitrogen and oxygen atoms in total. The van der Waals surface area contributed by atoms with Crippen LogP contribution >= 0.6 is 0 Å². The van der Waals surface area contributed by atoms with Gasteiger partial charge < -0.3 is 4.74 Å². The Morgan fingerprint density at radius 2 is 2.00 bits per heavy atom. The van der Waals surface area contributed by atoms with E-state index in [4.69, 9.17) is 10.00 Å². The van der Waals surface area contributed by atoms with Crippen molar-refractivity contribution < 1.29 is 4.74 Å². The molecule has 0 N–H and O–H groups in total. The molecule has 0 fully saturated rings. The van der Waals surface area contributed by atoms with Crippen LogP contribution in [0.3, 0.4) is 0 Å². The number of pyridine rings is 1. The van der Waals surface area contributed by atoms with E-state index in [0.29, 0.717) is 23.0 Å². The first-order chi connectivity index (χ1) is 10.3. The molecule has 0 atom stereocenters. The van der Waals surface area contributed by atoms with Crippen molar-refractivity contribution in [3.63, 3.8) is 0 Å². The maximum atomic E-state index is 9.07. The van der Waals surface area contributed by atoms with Gasteiger partial charge in [-0.2, -0.15) is 15.3 Å². The van der Waals surface area contributed by atoms with Crippen LogP contribution in [0.25, 0.3) is 5.82 Å². The van der Waals surface area contributed by atoms with Crippen LogP contribution < -0.4 is 4.74 Å². The molecule has 3 aromatic rings. The zero-order chi connectivity index (χ0) is 14.7. The largest absolute Gasteiger partial charge is 0.438 e. The van der Waals surface area contributed by atoms with Crippen molar-refractivity contribution in [2.45, 2.75) is 6.92 Å². The summed E-state index contributed by atoms with van der Waals surface area (Å²) in [4.78, 5) is 4.40. The highest BCUT2D eigenvalue weighted by molar-refractivity contribution is 5.44. The number of nitriles is 1. The number of aromatic nitrogens is 3. The van der Waals surface area contributed by atoms with Gasteiger partial charge in [-0.25, -0.2) is 4.68 Å². The van der Waals surface area contributed by atoms with Crippen LogP contribution in [0.4, 0.5) is 0 Å². The van der Waals surface area contributed by atoms with Gasteiger partial charge in [0.2, 0.25) is 5.88 Å². The summed E-state index contributed by atoms with van der Waals surface area (Å²) < 4.78 is 7.37. The van der Waals surface area contributed by atoms with Crippen molar-refractivity contribution in [1.82, 2.24) is 14.8 Å². The molecule has 0 radical (unpaired) electrons. The summed E-state index contributed by atoms with van der Waals surface area (Å²) in [6.45, 7) is 1.97. The summed E-state index contributed by atoms with van der Waals surface area (Å²) in [5.41, 5.74) is 1.53. The Morgan fingerprint density at radius 3 is 2.76 bits per heavy atom. The Balaban J connectivity index is 1.92. The van der Waals surface area contributed by atoms with Crippen molar-refractivity contribution in [3.05, 3.63) is 66.0 Å². The maximum Gasteiger partial charge on any atom is 0.221 e. The van der Waals surface area contributed by atoms with E-state index < -0.39 is 0 Å². The number of rotatable bonds is 3. The first kappa shape index (κ1) is 12.9. The first-order valence-electron chi connectivity index (χ1n) is 6.42. The van der Waals surface area contributed by atoms with Crippen molar-refractivity contribution in [3.8, 4) is 23.5 Å². The third-order valence-corrected chi connectivity index (χ3v) is 2.88. The molecule has 0 aliphatic heterocycles. The van der Waals surface area contributed by atoms with E-state index in [2.05, 4.69) is 16.2 Å². The molecule has 3 rings (SSSR count). The average Bonchev–Trinajstić information content (AvgIpc) is 2.95. The van der Waals surface area contributed by atoms with E-state index in [1.165, 1.54) is 0 Å². The molecule has 2 heterocycles. The molecule has 0 saturated carbocycles. The topological polar surface area (TPSA) is 63.7 Å². The second kappa shape index (κ2) is 5.47. The number of hydrogen-bond acceptors (Lipinski definition) is 4. The normalized spacial score (nSPS) is 10.1. The van der Waals surface area contributed by atoms with E-state index >= 15 is 0 Å². The van der Waals surface area contributed by atoms with Gasteiger partial charge in [-0.3, -0.25) is 0 Å². The number of aryl methyl sites for hydroxylation is 1.